The zero-order valence-corrected chi connectivity index (χ0v) is 13.1. The predicted molar refractivity (Wildman–Crippen MR) is 83.9 cm³/mol. The number of carbonyl (C=O) groups excluding carboxylic acids is 1. The lowest BCUT2D eigenvalue weighted by molar-refractivity contribution is -0.120. The molecule has 0 saturated carbocycles. The number of sulfonamides is 1. The molecule has 0 unspecified atom stereocenters. The van der Waals surface area contributed by atoms with Crippen LogP contribution < -0.4 is 5.32 Å². The van der Waals surface area contributed by atoms with E-state index in [1.807, 2.05) is 24.3 Å². The van der Waals surface area contributed by atoms with Gasteiger partial charge in [0, 0.05) is 13.1 Å². The van der Waals surface area contributed by atoms with E-state index in [1.165, 1.54) is 10.6 Å². The molecule has 1 fully saturated rings. The van der Waals surface area contributed by atoms with Gasteiger partial charge in [-0.15, -0.1) is 0 Å². The largest absolute Gasteiger partial charge is 0.324 e. The molecule has 2 N–H and O–H groups in total. The van der Waals surface area contributed by atoms with Crippen LogP contribution in [0.3, 0.4) is 0 Å². The summed E-state index contributed by atoms with van der Waals surface area (Å²) in [5.74, 6) is -0.160. The highest BCUT2D eigenvalue weighted by Gasteiger charge is 2.30. The Hall–Kier alpha value is -1.93. The van der Waals surface area contributed by atoms with E-state index in [1.54, 1.807) is 0 Å². The number of piperidine rings is 1. The highest BCUT2D eigenvalue weighted by atomic mass is 32.2. The molecule has 7 nitrogen and oxygen atoms in total. The van der Waals surface area contributed by atoms with Crippen LogP contribution in [0.25, 0.3) is 11.0 Å². The molecule has 118 valence electrons. The first kappa shape index (κ1) is 15.0. The number of aromatic nitrogens is 2. The van der Waals surface area contributed by atoms with Crippen LogP contribution in [0.2, 0.25) is 0 Å². The molecule has 2 heterocycles. The Balaban J connectivity index is 1.71. The molecule has 22 heavy (non-hydrogen) atoms. The van der Waals surface area contributed by atoms with Gasteiger partial charge < -0.3 is 4.98 Å². The van der Waals surface area contributed by atoms with Crippen LogP contribution in [0.1, 0.15) is 12.8 Å². The van der Waals surface area contributed by atoms with Gasteiger partial charge in [0.2, 0.25) is 21.9 Å². The van der Waals surface area contributed by atoms with Crippen LogP contribution in [-0.4, -0.2) is 47.9 Å². The molecule has 1 saturated heterocycles. The van der Waals surface area contributed by atoms with Gasteiger partial charge in [-0.05, 0) is 25.0 Å². The summed E-state index contributed by atoms with van der Waals surface area (Å²) in [5, 5.41) is 2.75. The van der Waals surface area contributed by atoms with Crippen molar-refractivity contribution in [2.75, 3.05) is 24.7 Å². The first-order valence-electron chi connectivity index (χ1n) is 7.14. The second kappa shape index (κ2) is 5.69. The first-order valence-corrected chi connectivity index (χ1v) is 8.99. The molecule has 1 aliphatic heterocycles. The molecule has 0 aliphatic carbocycles. The summed E-state index contributed by atoms with van der Waals surface area (Å²) in [6.07, 6.45) is 2.54. The summed E-state index contributed by atoms with van der Waals surface area (Å²) in [6, 6.07) is 7.49. The Morgan fingerprint density at radius 1 is 1.41 bits per heavy atom. The summed E-state index contributed by atoms with van der Waals surface area (Å²) < 4.78 is 24.6. The predicted octanol–water partition coefficient (Wildman–Crippen LogP) is 1.17. The van der Waals surface area contributed by atoms with Crippen LogP contribution in [0.5, 0.6) is 0 Å². The van der Waals surface area contributed by atoms with Crippen LogP contribution in [0.4, 0.5) is 5.95 Å². The molecule has 1 aliphatic rings. The Labute approximate surface area is 128 Å². The van der Waals surface area contributed by atoms with Gasteiger partial charge in [-0.1, -0.05) is 12.1 Å². The van der Waals surface area contributed by atoms with Crippen LogP contribution in [0.15, 0.2) is 24.3 Å². The van der Waals surface area contributed by atoms with E-state index in [-0.39, 0.29) is 18.4 Å². The van der Waals surface area contributed by atoms with Gasteiger partial charge in [-0.2, -0.15) is 0 Å². The van der Waals surface area contributed by atoms with Crippen molar-refractivity contribution < 1.29 is 13.2 Å². The quantitative estimate of drug-likeness (QED) is 0.887. The number of rotatable bonds is 3. The molecule has 0 bridgehead atoms. The number of carbonyl (C=O) groups is 1. The third kappa shape index (κ3) is 3.12. The van der Waals surface area contributed by atoms with Crippen LogP contribution in [0, 0.1) is 5.92 Å². The number of aromatic amines is 1. The fourth-order valence-corrected chi connectivity index (χ4v) is 3.60. The second-order valence-electron chi connectivity index (χ2n) is 5.55. The molecule has 3 rings (SSSR count). The number of nitrogens with zero attached hydrogens (tertiary/aromatic N) is 2. The zero-order valence-electron chi connectivity index (χ0n) is 12.2. The van der Waals surface area contributed by atoms with E-state index in [0.717, 1.165) is 11.0 Å². The molecule has 1 aromatic carbocycles. The van der Waals surface area contributed by atoms with Crippen molar-refractivity contribution in [3.8, 4) is 0 Å². The number of amides is 1. The second-order valence-corrected chi connectivity index (χ2v) is 7.53. The normalized spacial score (nSPS) is 20.1. The van der Waals surface area contributed by atoms with Crippen molar-refractivity contribution in [2.45, 2.75) is 12.8 Å². The lowest BCUT2D eigenvalue weighted by atomic mass is 9.99. The summed E-state index contributed by atoms with van der Waals surface area (Å²) in [7, 11) is -3.26. The van der Waals surface area contributed by atoms with Gasteiger partial charge in [-0.3, -0.25) is 10.1 Å². The third-order valence-corrected chi connectivity index (χ3v) is 5.12. The van der Waals surface area contributed by atoms with E-state index < -0.39 is 10.0 Å². The average molecular weight is 322 g/mol. The maximum Gasteiger partial charge on any atom is 0.231 e. The van der Waals surface area contributed by atoms with E-state index in [9.17, 15) is 13.2 Å². The van der Waals surface area contributed by atoms with Crippen molar-refractivity contribution in [3.63, 3.8) is 0 Å². The summed E-state index contributed by atoms with van der Waals surface area (Å²) in [6.45, 7) is 0.706. The van der Waals surface area contributed by atoms with E-state index in [4.69, 9.17) is 0 Å². The minimum Gasteiger partial charge on any atom is -0.324 e. The molecule has 0 radical (unpaired) electrons. The maximum absolute atomic E-state index is 12.3. The summed E-state index contributed by atoms with van der Waals surface area (Å²) in [4.78, 5) is 19.7. The number of hydrogen-bond acceptors (Lipinski definition) is 4. The molecule has 8 heteroatoms. The van der Waals surface area contributed by atoms with E-state index in [0.29, 0.717) is 25.3 Å². The topological polar surface area (TPSA) is 95.2 Å². The van der Waals surface area contributed by atoms with Crippen molar-refractivity contribution in [1.82, 2.24) is 14.3 Å². The number of para-hydroxylation sites is 2. The van der Waals surface area contributed by atoms with Crippen LogP contribution >= 0.6 is 0 Å². The van der Waals surface area contributed by atoms with Gasteiger partial charge in [-0.25, -0.2) is 17.7 Å². The molecule has 2 aromatic rings. The summed E-state index contributed by atoms with van der Waals surface area (Å²) >= 11 is 0. The molecular formula is C14H18N4O3S. The molecule has 0 spiro atoms. The fourth-order valence-electron chi connectivity index (χ4n) is 2.69. The van der Waals surface area contributed by atoms with Crippen molar-refractivity contribution >= 4 is 32.9 Å². The third-order valence-electron chi connectivity index (χ3n) is 3.85. The highest BCUT2D eigenvalue weighted by Crippen LogP contribution is 2.21. The van der Waals surface area contributed by atoms with Gasteiger partial charge in [0.15, 0.2) is 0 Å². The maximum atomic E-state index is 12.3. The van der Waals surface area contributed by atoms with Gasteiger partial charge in [0.05, 0.1) is 23.2 Å². The SMILES string of the molecule is CS(=O)(=O)N1CCC[C@@H](C(=O)Nc2nc3ccccc3[nH]2)C1. The highest BCUT2D eigenvalue weighted by molar-refractivity contribution is 7.88. The number of H-pyrrole nitrogens is 1. The number of benzene rings is 1. The zero-order chi connectivity index (χ0) is 15.7. The average Bonchev–Trinajstić information content (AvgIpc) is 2.88. The Morgan fingerprint density at radius 3 is 2.91 bits per heavy atom. The van der Waals surface area contributed by atoms with Crippen molar-refractivity contribution in [3.05, 3.63) is 24.3 Å². The molecular weight excluding hydrogens is 304 g/mol. The first-order chi connectivity index (χ1) is 10.4. The number of anilines is 1. The summed E-state index contributed by atoms with van der Waals surface area (Å²) in [5.41, 5.74) is 1.62. The number of nitrogens with one attached hydrogen (secondary N) is 2. The molecule has 1 atom stereocenters. The van der Waals surface area contributed by atoms with E-state index in [2.05, 4.69) is 15.3 Å². The Bertz CT molecular complexity index is 766. The minimum absolute atomic E-state index is 0.201. The molecule has 1 aromatic heterocycles. The minimum atomic E-state index is -3.26. The number of fused-ring (bicyclic) bond motifs is 1. The molecule has 1 amide bonds. The van der Waals surface area contributed by atoms with Crippen molar-refractivity contribution in [1.29, 1.82) is 0 Å². The Kier molecular flexibility index (Phi) is 3.88. The van der Waals surface area contributed by atoms with E-state index >= 15 is 0 Å². The Morgan fingerprint density at radius 2 is 2.18 bits per heavy atom. The van der Waals surface area contributed by atoms with Gasteiger partial charge in [0.25, 0.3) is 0 Å². The van der Waals surface area contributed by atoms with Gasteiger partial charge in [0.1, 0.15) is 0 Å². The van der Waals surface area contributed by atoms with Crippen molar-refractivity contribution in [2.24, 2.45) is 5.92 Å². The van der Waals surface area contributed by atoms with Crippen LogP contribution in [-0.2, 0) is 14.8 Å². The standard InChI is InChI=1S/C14H18N4O3S/c1-22(20,21)18-8-4-5-10(9-18)13(19)17-14-15-11-6-2-3-7-12(11)16-14/h2-3,6-7,10H,4-5,8-9H2,1H3,(H2,15,16,17,19)/t10-/m1/s1. The van der Waals surface area contributed by atoms with Gasteiger partial charge >= 0.3 is 0 Å². The smallest absolute Gasteiger partial charge is 0.231 e. The number of hydrogen-bond donors (Lipinski definition) is 2. The fraction of sp³-hybridized carbons (Fsp3) is 0.429. The lowest BCUT2D eigenvalue weighted by Crippen LogP contribution is -2.43. The lowest BCUT2D eigenvalue weighted by Gasteiger charge is -2.29. The number of imidazole rings is 1. The monoisotopic (exact) mass is 322 g/mol.